The second kappa shape index (κ2) is 11.4. The highest BCUT2D eigenvalue weighted by Gasteiger charge is 1.93. The normalized spacial score (nSPS) is 10.0. The Bertz CT molecular complexity index is 74.2. The van der Waals surface area contributed by atoms with Gasteiger partial charge in [-0.05, 0) is 12.3 Å². The summed E-state index contributed by atoms with van der Waals surface area (Å²) >= 11 is 0. The summed E-state index contributed by atoms with van der Waals surface area (Å²) in [6.07, 6.45) is 7.56. The fourth-order valence-corrected chi connectivity index (χ4v) is 1.19. The molecule has 0 radical (unpaired) electrons. The zero-order valence-corrected chi connectivity index (χ0v) is 10.1. The molecule has 12 heavy (non-hydrogen) atoms. The first-order valence-electron chi connectivity index (χ1n) is 4.88. The Morgan fingerprint density at radius 2 is 1.42 bits per heavy atom. The first-order chi connectivity index (χ1) is 5.27. The lowest BCUT2D eigenvalue weighted by Crippen LogP contribution is -1.88. The summed E-state index contributed by atoms with van der Waals surface area (Å²) in [6, 6.07) is 0. The lowest BCUT2D eigenvalue weighted by atomic mass is 10.0. The Balaban J connectivity index is 0. The van der Waals surface area contributed by atoms with Crippen LogP contribution in [0.15, 0.2) is 0 Å². The average molecular weight is 192 g/mol. The van der Waals surface area contributed by atoms with Crippen LogP contribution in [0.25, 0.3) is 0 Å². The maximum absolute atomic E-state index is 8.51. The van der Waals surface area contributed by atoms with Crippen LogP contribution in [0.3, 0.4) is 0 Å². The maximum atomic E-state index is 8.51. The van der Waals surface area contributed by atoms with E-state index in [0.29, 0.717) is 6.61 Å². The van der Waals surface area contributed by atoms with Gasteiger partial charge in [0.1, 0.15) is 0 Å². The van der Waals surface area contributed by atoms with Crippen molar-refractivity contribution in [2.45, 2.75) is 52.4 Å². The van der Waals surface area contributed by atoms with Gasteiger partial charge in [-0.15, -0.1) is 0 Å². The fraction of sp³-hybridized carbons (Fsp3) is 1.00. The van der Waals surface area contributed by atoms with Crippen molar-refractivity contribution in [1.82, 2.24) is 0 Å². The lowest BCUT2D eigenvalue weighted by Gasteiger charge is -2.03. The highest BCUT2D eigenvalue weighted by atomic mass is 31.0. The largest absolute Gasteiger partial charge is 0.396 e. The quantitative estimate of drug-likeness (QED) is 0.485. The van der Waals surface area contributed by atoms with Crippen LogP contribution in [0, 0.1) is 5.92 Å². The Labute approximate surface area is 80.6 Å². The number of rotatable bonds is 7. The van der Waals surface area contributed by atoms with Gasteiger partial charge in [0.05, 0.1) is 0 Å². The van der Waals surface area contributed by atoms with Gasteiger partial charge in [-0.3, -0.25) is 0 Å². The highest BCUT2D eigenvalue weighted by molar-refractivity contribution is 6.92. The van der Waals surface area contributed by atoms with Gasteiger partial charge < -0.3 is 5.11 Å². The van der Waals surface area contributed by atoms with Crippen molar-refractivity contribution in [3.63, 3.8) is 0 Å². The van der Waals surface area contributed by atoms with Crippen LogP contribution < -0.4 is 0 Å². The molecule has 0 spiro atoms. The molecule has 0 rings (SSSR count). The van der Waals surface area contributed by atoms with Crippen molar-refractivity contribution in [2.75, 3.05) is 6.61 Å². The summed E-state index contributed by atoms with van der Waals surface area (Å²) in [7, 11) is 0. The maximum Gasteiger partial charge on any atom is 0.0431 e. The molecule has 0 fully saturated rings. The van der Waals surface area contributed by atoms with Crippen LogP contribution in [-0.2, 0) is 0 Å². The molecule has 0 aromatic rings. The predicted octanol–water partition coefficient (Wildman–Crippen LogP) is 3.03. The Kier molecular flexibility index (Phi) is 14.1. The van der Waals surface area contributed by atoms with Gasteiger partial charge in [-0.1, -0.05) is 46.0 Å². The van der Waals surface area contributed by atoms with E-state index in [1.165, 1.54) is 32.1 Å². The van der Waals surface area contributed by atoms with Crippen molar-refractivity contribution >= 4 is 9.90 Å². The summed E-state index contributed by atoms with van der Waals surface area (Å²) in [5, 5.41) is 8.51. The summed E-state index contributed by atoms with van der Waals surface area (Å²) in [5.74, 6) is 0.854. The zero-order chi connectivity index (χ0) is 8.53. The molecule has 0 heterocycles. The van der Waals surface area contributed by atoms with Crippen molar-refractivity contribution in [3.8, 4) is 0 Å². The minimum Gasteiger partial charge on any atom is -0.396 e. The molecule has 0 aliphatic carbocycles. The van der Waals surface area contributed by atoms with Gasteiger partial charge >= 0.3 is 0 Å². The molecule has 1 nitrogen and oxygen atoms in total. The monoisotopic (exact) mass is 192 g/mol. The standard InChI is InChI=1S/C10H22O.H3P/c1-10(2)8-6-4-3-5-7-9-11;/h10-11H,3-9H2,1-2H3;1H3. The van der Waals surface area contributed by atoms with Gasteiger partial charge in [-0.25, -0.2) is 0 Å². The second-order valence-corrected chi connectivity index (χ2v) is 3.67. The van der Waals surface area contributed by atoms with E-state index < -0.39 is 0 Å². The summed E-state index contributed by atoms with van der Waals surface area (Å²) in [5.41, 5.74) is 0. The third kappa shape index (κ3) is 13.0. The van der Waals surface area contributed by atoms with Crippen LogP contribution in [0.1, 0.15) is 52.4 Å². The molecule has 0 aliphatic heterocycles. The predicted molar refractivity (Wildman–Crippen MR) is 60.7 cm³/mol. The molecule has 0 aromatic heterocycles. The highest BCUT2D eigenvalue weighted by Crippen LogP contribution is 2.09. The molecule has 1 unspecified atom stereocenters. The first kappa shape index (κ1) is 14.9. The smallest absolute Gasteiger partial charge is 0.0431 e. The van der Waals surface area contributed by atoms with Gasteiger partial charge in [-0.2, -0.15) is 9.90 Å². The molecule has 0 bridgehead atoms. The molecular formula is C10H25OP. The molecule has 1 N–H and O–H groups in total. The molecular weight excluding hydrogens is 167 g/mol. The first-order valence-corrected chi connectivity index (χ1v) is 4.88. The Hall–Kier alpha value is 0.390. The van der Waals surface area contributed by atoms with Crippen molar-refractivity contribution in [2.24, 2.45) is 5.92 Å². The third-order valence-corrected chi connectivity index (χ3v) is 1.94. The summed E-state index contributed by atoms with van der Waals surface area (Å²) < 4.78 is 0. The molecule has 0 saturated carbocycles. The topological polar surface area (TPSA) is 20.2 Å². The van der Waals surface area contributed by atoms with Crippen LogP contribution in [0.4, 0.5) is 0 Å². The van der Waals surface area contributed by atoms with E-state index in [4.69, 9.17) is 5.11 Å². The number of hydrogen-bond donors (Lipinski definition) is 1. The van der Waals surface area contributed by atoms with Gasteiger partial charge in [0, 0.05) is 6.61 Å². The van der Waals surface area contributed by atoms with Crippen LogP contribution >= 0.6 is 9.90 Å². The minimum absolute atomic E-state index is 0. The second-order valence-electron chi connectivity index (χ2n) is 3.67. The zero-order valence-electron chi connectivity index (χ0n) is 8.68. The summed E-state index contributed by atoms with van der Waals surface area (Å²) in [4.78, 5) is 0. The van der Waals surface area contributed by atoms with E-state index in [0.717, 1.165) is 12.3 Å². The van der Waals surface area contributed by atoms with E-state index in [2.05, 4.69) is 13.8 Å². The minimum atomic E-state index is 0. The van der Waals surface area contributed by atoms with Crippen molar-refractivity contribution in [1.29, 1.82) is 0 Å². The van der Waals surface area contributed by atoms with E-state index >= 15 is 0 Å². The average Bonchev–Trinajstić information content (AvgIpc) is 1.96. The van der Waals surface area contributed by atoms with Crippen LogP contribution in [0.5, 0.6) is 0 Å². The van der Waals surface area contributed by atoms with Crippen LogP contribution in [0.2, 0.25) is 0 Å². The Morgan fingerprint density at radius 1 is 0.917 bits per heavy atom. The molecule has 0 saturated heterocycles. The van der Waals surface area contributed by atoms with E-state index in [1.807, 2.05) is 0 Å². The van der Waals surface area contributed by atoms with Gasteiger partial charge in [0.2, 0.25) is 0 Å². The van der Waals surface area contributed by atoms with Crippen LogP contribution in [-0.4, -0.2) is 11.7 Å². The fourth-order valence-electron chi connectivity index (χ4n) is 1.19. The lowest BCUT2D eigenvalue weighted by molar-refractivity contribution is 0.282. The van der Waals surface area contributed by atoms with Gasteiger partial charge in [0.25, 0.3) is 0 Å². The van der Waals surface area contributed by atoms with Gasteiger partial charge in [0.15, 0.2) is 0 Å². The number of unbranched alkanes of at least 4 members (excludes halogenated alkanes) is 4. The summed E-state index contributed by atoms with van der Waals surface area (Å²) in [6.45, 7) is 4.91. The van der Waals surface area contributed by atoms with Crippen molar-refractivity contribution < 1.29 is 5.11 Å². The number of aliphatic hydroxyl groups is 1. The third-order valence-electron chi connectivity index (χ3n) is 1.94. The van der Waals surface area contributed by atoms with E-state index in [-0.39, 0.29) is 9.90 Å². The molecule has 0 aliphatic rings. The van der Waals surface area contributed by atoms with Crippen molar-refractivity contribution in [3.05, 3.63) is 0 Å². The number of hydrogen-bond acceptors (Lipinski definition) is 1. The molecule has 76 valence electrons. The SMILES string of the molecule is CC(C)CCCCCCCO.P. The molecule has 0 amide bonds. The molecule has 1 atom stereocenters. The Morgan fingerprint density at radius 3 is 1.92 bits per heavy atom. The molecule has 0 aromatic carbocycles. The van der Waals surface area contributed by atoms with E-state index in [1.54, 1.807) is 0 Å². The van der Waals surface area contributed by atoms with E-state index in [9.17, 15) is 0 Å². The molecule has 2 heteroatoms. The number of aliphatic hydroxyl groups excluding tert-OH is 1.